The molecule has 0 heterocycles. The van der Waals surface area contributed by atoms with E-state index >= 15 is 0 Å². The molecule has 1 aliphatic carbocycles. The molecule has 0 spiro atoms. The lowest BCUT2D eigenvalue weighted by atomic mass is 9.65. The summed E-state index contributed by atoms with van der Waals surface area (Å²) in [5.74, 6) is 0.929. The lowest BCUT2D eigenvalue weighted by Gasteiger charge is -2.39. The minimum Gasteiger partial charge on any atom is -0.481 e. The molecular formula is C13H24O2. The molecule has 0 aromatic rings. The molecule has 2 unspecified atom stereocenters. The number of carbonyl (C=O) groups is 1. The van der Waals surface area contributed by atoms with E-state index < -0.39 is 5.97 Å². The van der Waals surface area contributed by atoms with Crippen molar-refractivity contribution >= 4 is 5.97 Å². The van der Waals surface area contributed by atoms with E-state index in [1.165, 1.54) is 6.42 Å². The number of carboxylic acid groups (broad SMARTS) is 1. The van der Waals surface area contributed by atoms with Crippen LogP contribution in [0.1, 0.15) is 52.9 Å². The first-order valence-corrected chi connectivity index (χ1v) is 6.36. The van der Waals surface area contributed by atoms with E-state index in [-0.39, 0.29) is 5.92 Å². The molecule has 1 aliphatic rings. The molecule has 1 rings (SSSR count). The molecule has 1 N–H and O–H groups in total. The fourth-order valence-electron chi connectivity index (χ4n) is 3.21. The Bertz CT molecular complexity index is 199. The van der Waals surface area contributed by atoms with E-state index in [1.54, 1.807) is 0 Å². The highest BCUT2D eigenvalue weighted by Crippen LogP contribution is 2.42. The highest BCUT2D eigenvalue weighted by Gasteiger charge is 2.39. The van der Waals surface area contributed by atoms with E-state index in [0.717, 1.165) is 31.6 Å². The molecule has 0 radical (unpaired) electrons. The van der Waals surface area contributed by atoms with E-state index in [1.807, 2.05) is 0 Å². The third-order valence-corrected chi connectivity index (χ3v) is 4.20. The van der Waals surface area contributed by atoms with Crippen LogP contribution in [0, 0.1) is 23.7 Å². The van der Waals surface area contributed by atoms with Gasteiger partial charge in [0.15, 0.2) is 0 Å². The molecule has 0 amide bonds. The predicted molar refractivity (Wildman–Crippen MR) is 61.7 cm³/mol. The smallest absolute Gasteiger partial charge is 0.307 e. The third kappa shape index (κ3) is 2.73. The molecule has 2 heteroatoms. The van der Waals surface area contributed by atoms with Crippen molar-refractivity contribution in [2.24, 2.45) is 23.7 Å². The molecule has 0 aliphatic heterocycles. The molecule has 1 fully saturated rings. The van der Waals surface area contributed by atoms with Crippen molar-refractivity contribution in [2.75, 3.05) is 0 Å². The summed E-state index contributed by atoms with van der Waals surface area (Å²) in [4.78, 5) is 11.3. The van der Waals surface area contributed by atoms with Crippen LogP contribution in [0.25, 0.3) is 0 Å². The molecule has 0 saturated heterocycles. The highest BCUT2D eigenvalue weighted by atomic mass is 16.4. The largest absolute Gasteiger partial charge is 0.481 e. The molecule has 1 saturated carbocycles. The van der Waals surface area contributed by atoms with Crippen molar-refractivity contribution in [3.05, 3.63) is 0 Å². The van der Waals surface area contributed by atoms with Gasteiger partial charge in [0.05, 0.1) is 5.92 Å². The van der Waals surface area contributed by atoms with Gasteiger partial charge in [0.25, 0.3) is 0 Å². The standard InChI is InChI=1S/C13H24O2/c1-4-9-7-10(5-2)12(13(14)15)11(6-3)8-9/h9-12H,4-8H2,1-3H3,(H,14,15). The van der Waals surface area contributed by atoms with Gasteiger partial charge in [-0.2, -0.15) is 0 Å². The molecule has 2 nitrogen and oxygen atoms in total. The Labute approximate surface area is 93.1 Å². The number of rotatable bonds is 4. The zero-order chi connectivity index (χ0) is 11.4. The van der Waals surface area contributed by atoms with Gasteiger partial charge in [-0.05, 0) is 30.6 Å². The maximum absolute atomic E-state index is 11.3. The molecule has 0 aromatic carbocycles. The molecule has 0 aromatic heterocycles. The van der Waals surface area contributed by atoms with Crippen molar-refractivity contribution in [2.45, 2.75) is 52.9 Å². The number of carboxylic acids is 1. The van der Waals surface area contributed by atoms with Gasteiger partial charge in [0.1, 0.15) is 0 Å². The van der Waals surface area contributed by atoms with Gasteiger partial charge < -0.3 is 5.11 Å². The van der Waals surface area contributed by atoms with Gasteiger partial charge in [-0.15, -0.1) is 0 Å². The molecule has 2 atom stereocenters. The van der Waals surface area contributed by atoms with Crippen molar-refractivity contribution in [3.8, 4) is 0 Å². The second-order valence-electron chi connectivity index (χ2n) is 4.95. The lowest BCUT2D eigenvalue weighted by Crippen LogP contribution is -2.37. The Morgan fingerprint density at radius 2 is 1.53 bits per heavy atom. The number of hydrogen-bond donors (Lipinski definition) is 1. The number of hydrogen-bond acceptors (Lipinski definition) is 1. The Kier molecular flexibility index (Phi) is 4.62. The average molecular weight is 212 g/mol. The van der Waals surface area contributed by atoms with Gasteiger partial charge in [-0.25, -0.2) is 0 Å². The van der Waals surface area contributed by atoms with Crippen LogP contribution in [0.3, 0.4) is 0 Å². The van der Waals surface area contributed by atoms with Crippen LogP contribution in [0.4, 0.5) is 0 Å². The molecular weight excluding hydrogens is 188 g/mol. The summed E-state index contributed by atoms with van der Waals surface area (Å²) in [6.07, 6.45) is 5.49. The first-order chi connectivity index (χ1) is 7.13. The summed E-state index contributed by atoms with van der Waals surface area (Å²) in [6, 6.07) is 0. The van der Waals surface area contributed by atoms with Gasteiger partial charge in [0, 0.05) is 0 Å². The Hall–Kier alpha value is -0.530. The van der Waals surface area contributed by atoms with Crippen molar-refractivity contribution in [1.82, 2.24) is 0 Å². The fraction of sp³-hybridized carbons (Fsp3) is 0.923. The summed E-state index contributed by atoms with van der Waals surface area (Å²) < 4.78 is 0. The zero-order valence-electron chi connectivity index (χ0n) is 10.2. The first-order valence-electron chi connectivity index (χ1n) is 6.36. The second-order valence-corrected chi connectivity index (χ2v) is 4.95. The summed E-state index contributed by atoms with van der Waals surface area (Å²) in [5, 5.41) is 9.30. The normalized spacial score (nSPS) is 36.5. The molecule has 0 bridgehead atoms. The zero-order valence-corrected chi connectivity index (χ0v) is 10.2. The second kappa shape index (κ2) is 5.53. The Morgan fingerprint density at radius 1 is 1.07 bits per heavy atom. The molecule has 15 heavy (non-hydrogen) atoms. The van der Waals surface area contributed by atoms with Crippen LogP contribution in [0.2, 0.25) is 0 Å². The van der Waals surface area contributed by atoms with Gasteiger partial charge >= 0.3 is 5.97 Å². The van der Waals surface area contributed by atoms with Crippen LogP contribution in [-0.4, -0.2) is 11.1 Å². The SMILES string of the molecule is CCC1CC(CC)C(C(=O)O)C(CC)C1. The monoisotopic (exact) mass is 212 g/mol. The van der Waals surface area contributed by atoms with E-state index in [2.05, 4.69) is 20.8 Å². The minimum absolute atomic E-state index is 0.0807. The van der Waals surface area contributed by atoms with E-state index in [0.29, 0.717) is 11.8 Å². The molecule has 88 valence electrons. The third-order valence-electron chi connectivity index (χ3n) is 4.20. The predicted octanol–water partition coefficient (Wildman–Crippen LogP) is 3.56. The topological polar surface area (TPSA) is 37.3 Å². The summed E-state index contributed by atoms with van der Waals surface area (Å²) in [6.45, 7) is 6.49. The lowest BCUT2D eigenvalue weighted by molar-refractivity contribution is -0.148. The van der Waals surface area contributed by atoms with Gasteiger partial charge in [0.2, 0.25) is 0 Å². The van der Waals surface area contributed by atoms with Crippen molar-refractivity contribution in [3.63, 3.8) is 0 Å². The van der Waals surface area contributed by atoms with Crippen LogP contribution < -0.4 is 0 Å². The maximum Gasteiger partial charge on any atom is 0.307 e. The van der Waals surface area contributed by atoms with Crippen LogP contribution in [0.15, 0.2) is 0 Å². The fourth-order valence-corrected chi connectivity index (χ4v) is 3.21. The van der Waals surface area contributed by atoms with Gasteiger partial charge in [-0.3, -0.25) is 4.79 Å². The van der Waals surface area contributed by atoms with Crippen LogP contribution in [-0.2, 0) is 4.79 Å². The highest BCUT2D eigenvalue weighted by molar-refractivity contribution is 5.71. The first kappa shape index (κ1) is 12.5. The summed E-state index contributed by atoms with van der Waals surface area (Å²) >= 11 is 0. The Balaban J connectivity index is 2.77. The minimum atomic E-state index is -0.566. The Morgan fingerprint density at radius 3 is 1.80 bits per heavy atom. The van der Waals surface area contributed by atoms with Crippen molar-refractivity contribution in [1.29, 1.82) is 0 Å². The summed E-state index contributed by atoms with van der Waals surface area (Å²) in [5.41, 5.74) is 0. The van der Waals surface area contributed by atoms with Gasteiger partial charge in [-0.1, -0.05) is 40.0 Å². The van der Waals surface area contributed by atoms with E-state index in [9.17, 15) is 9.90 Å². The maximum atomic E-state index is 11.3. The average Bonchev–Trinajstić information content (AvgIpc) is 2.26. The van der Waals surface area contributed by atoms with E-state index in [4.69, 9.17) is 0 Å². The van der Waals surface area contributed by atoms with Crippen LogP contribution in [0.5, 0.6) is 0 Å². The summed E-state index contributed by atoms with van der Waals surface area (Å²) in [7, 11) is 0. The number of aliphatic carboxylic acids is 1. The van der Waals surface area contributed by atoms with Crippen molar-refractivity contribution < 1.29 is 9.90 Å². The quantitative estimate of drug-likeness (QED) is 0.773. The van der Waals surface area contributed by atoms with Crippen LogP contribution >= 0.6 is 0 Å².